The Kier molecular flexibility index (Phi) is 4.45. The van der Waals surface area contributed by atoms with E-state index in [0.29, 0.717) is 6.54 Å². The number of aryl methyl sites for hydroxylation is 2. The topological polar surface area (TPSA) is 93.0 Å². The summed E-state index contributed by atoms with van der Waals surface area (Å²) in [5.41, 5.74) is 7.79. The molecule has 1 unspecified atom stereocenters. The summed E-state index contributed by atoms with van der Waals surface area (Å²) in [7, 11) is 1.54. The van der Waals surface area contributed by atoms with E-state index in [1.165, 1.54) is 0 Å². The second-order valence-electron chi connectivity index (χ2n) is 3.65. The average Bonchev–Trinajstić information content (AvgIpc) is 2.57. The molecule has 6 heteroatoms. The van der Waals surface area contributed by atoms with Gasteiger partial charge in [-0.2, -0.15) is 5.10 Å². The molecule has 0 fully saturated rings. The van der Waals surface area contributed by atoms with E-state index < -0.39 is 0 Å². The number of nitrogens with one attached hydrogen (secondary N) is 2. The van der Waals surface area contributed by atoms with E-state index in [1.807, 2.05) is 13.8 Å². The van der Waals surface area contributed by atoms with Crippen LogP contribution in [0, 0.1) is 13.8 Å². The second kappa shape index (κ2) is 5.62. The van der Waals surface area contributed by atoms with E-state index in [1.54, 1.807) is 7.11 Å². The number of methoxy groups -OCH3 is 1. The van der Waals surface area contributed by atoms with Gasteiger partial charge in [0.05, 0.1) is 29.6 Å². The van der Waals surface area contributed by atoms with Crippen molar-refractivity contribution in [3.05, 3.63) is 11.4 Å². The van der Waals surface area contributed by atoms with E-state index in [0.717, 1.165) is 17.1 Å². The predicted molar refractivity (Wildman–Crippen MR) is 61.2 cm³/mol. The van der Waals surface area contributed by atoms with E-state index in [4.69, 9.17) is 10.5 Å². The first-order chi connectivity index (χ1) is 7.58. The van der Waals surface area contributed by atoms with Crippen LogP contribution in [-0.2, 0) is 9.53 Å². The lowest BCUT2D eigenvalue weighted by Gasteiger charge is -2.12. The van der Waals surface area contributed by atoms with E-state index in [2.05, 4.69) is 15.5 Å². The van der Waals surface area contributed by atoms with Crippen molar-refractivity contribution in [1.82, 2.24) is 10.2 Å². The normalized spacial score (nSPS) is 12.5. The van der Waals surface area contributed by atoms with Gasteiger partial charge in [0.2, 0.25) is 5.91 Å². The molecule has 1 heterocycles. The number of amides is 1. The summed E-state index contributed by atoms with van der Waals surface area (Å²) in [5, 5.41) is 9.59. The van der Waals surface area contributed by atoms with Gasteiger partial charge in [-0.3, -0.25) is 9.89 Å². The van der Waals surface area contributed by atoms with Gasteiger partial charge >= 0.3 is 0 Å². The van der Waals surface area contributed by atoms with Crippen LogP contribution in [0.1, 0.15) is 17.8 Å². The monoisotopic (exact) mass is 226 g/mol. The summed E-state index contributed by atoms with van der Waals surface area (Å²) in [4.78, 5) is 11.7. The third kappa shape index (κ3) is 3.04. The highest BCUT2D eigenvalue weighted by Gasteiger charge is 2.14. The van der Waals surface area contributed by atoms with Gasteiger partial charge in [0.25, 0.3) is 0 Å². The molecule has 0 saturated carbocycles. The molecule has 6 nitrogen and oxygen atoms in total. The summed E-state index contributed by atoms with van der Waals surface area (Å²) in [6, 6.07) is 0. The number of nitrogens with two attached hydrogens (primary N) is 1. The molecule has 1 aromatic heterocycles. The number of hydrogen-bond acceptors (Lipinski definition) is 4. The Balaban J connectivity index is 2.58. The second-order valence-corrected chi connectivity index (χ2v) is 3.65. The van der Waals surface area contributed by atoms with Gasteiger partial charge in [0.1, 0.15) is 0 Å². The Bertz CT molecular complexity index is 338. The van der Waals surface area contributed by atoms with Crippen molar-refractivity contribution in [1.29, 1.82) is 0 Å². The van der Waals surface area contributed by atoms with Crippen LogP contribution in [0.2, 0.25) is 0 Å². The van der Waals surface area contributed by atoms with Crippen LogP contribution in [0.5, 0.6) is 0 Å². The molecule has 0 aliphatic rings. The van der Waals surface area contributed by atoms with Gasteiger partial charge in [-0.1, -0.05) is 0 Å². The van der Waals surface area contributed by atoms with Crippen molar-refractivity contribution in [3.63, 3.8) is 0 Å². The highest BCUT2D eigenvalue weighted by atomic mass is 16.5. The molecule has 0 saturated heterocycles. The number of hydrogen-bond donors (Lipinski definition) is 3. The van der Waals surface area contributed by atoms with Gasteiger partial charge in [0.15, 0.2) is 0 Å². The molecule has 1 amide bonds. The van der Waals surface area contributed by atoms with Crippen LogP contribution < -0.4 is 11.1 Å². The molecule has 0 radical (unpaired) electrons. The number of rotatable bonds is 5. The van der Waals surface area contributed by atoms with Crippen LogP contribution in [0.25, 0.3) is 0 Å². The minimum atomic E-state index is -0.243. The summed E-state index contributed by atoms with van der Waals surface area (Å²) >= 11 is 0. The molecule has 1 aromatic rings. The molecule has 0 aromatic carbocycles. The maximum absolute atomic E-state index is 11.7. The molecule has 0 aliphatic heterocycles. The zero-order valence-electron chi connectivity index (χ0n) is 9.83. The minimum absolute atomic E-state index is 0.120. The summed E-state index contributed by atoms with van der Waals surface area (Å²) in [6.45, 7) is 4.01. The first-order valence-electron chi connectivity index (χ1n) is 5.12. The van der Waals surface area contributed by atoms with E-state index in [9.17, 15) is 4.79 Å². The van der Waals surface area contributed by atoms with Gasteiger partial charge in [-0.05, 0) is 13.8 Å². The van der Waals surface area contributed by atoms with E-state index in [-0.39, 0.29) is 18.4 Å². The van der Waals surface area contributed by atoms with Crippen LogP contribution in [-0.4, -0.2) is 35.9 Å². The fourth-order valence-electron chi connectivity index (χ4n) is 1.40. The van der Waals surface area contributed by atoms with Crippen LogP contribution in [0.15, 0.2) is 0 Å². The summed E-state index contributed by atoms with van der Waals surface area (Å²) in [6.07, 6.45) is 0.00404. The number of carbonyl (C=O) groups excluding carboxylic acids is 1. The Morgan fingerprint density at radius 3 is 2.75 bits per heavy atom. The fourth-order valence-corrected chi connectivity index (χ4v) is 1.40. The van der Waals surface area contributed by atoms with Gasteiger partial charge in [-0.25, -0.2) is 0 Å². The van der Waals surface area contributed by atoms with Crippen molar-refractivity contribution in [2.45, 2.75) is 26.4 Å². The van der Waals surface area contributed by atoms with Crippen LogP contribution in [0.4, 0.5) is 5.69 Å². The molecule has 90 valence electrons. The lowest BCUT2D eigenvalue weighted by Crippen LogP contribution is -2.28. The first-order valence-corrected chi connectivity index (χ1v) is 5.12. The molecule has 1 rings (SSSR count). The smallest absolute Gasteiger partial charge is 0.227 e. The lowest BCUT2D eigenvalue weighted by atomic mass is 10.2. The van der Waals surface area contributed by atoms with Gasteiger partial charge < -0.3 is 15.8 Å². The number of carbonyl (C=O) groups is 1. The predicted octanol–water partition coefficient (Wildman–Crippen LogP) is 0.329. The van der Waals surface area contributed by atoms with Crippen molar-refractivity contribution < 1.29 is 9.53 Å². The molecule has 16 heavy (non-hydrogen) atoms. The molecular weight excluding hydrogens is 208 g/mol. The highest BCUT2D eigenvalue weighted by molar-refractivity contribution is 5.92. The van der Waals surface area contributed by atoms with Gasteiger partial charge in [-0.15, -0.1) is 0 Å². The number of nitrogens with zero attached hydrogens (tertiary/aromatic N) is 1. The number of ether oxygens (including phenoxy) is 1. The van der Waals surface area contributed by atoms with Crippen LogP contribution >= 0.6 is 0 Å². The van der Waals surface area contributed by atoms with Crippen molar-refractivity contribution >= 4 is 11.6 Å². The molecular formula is C10H18N4O2. The number of H-pyrrole nitrogens is 1. The van der Waals surface area contributed by atoms with Crippen molar-refractivity contribution in [2.24, 2.45) is 5.73 Å². The Morgan fingerprint density at radius 2 is 2.31 bits per heavy atom. The number of anilines is 1. The number of aromatic amines is 1. The maximum Gasteiger partial charge on any atom is 0.227 e. The summed E-state index contributed by atoms with van der Waals surface area (Å²) in [5.74, 6) is -0.120. The van der Waals surface area contributed by atoms with Crippen molar-refractivity contribution in [3.8, 4) is 0 Å². The average molecular weight is 226 g/mol. The van der Waals surface area contributed by atoms with Gasteiger partial charge in [0, 0.05) is 13.7 Å². The third-order valence-electron chi connectivity index (χ3n) is 2.40. The van der Waals surface area contributed by atoms with E-state index >= 15 is 0 Å². The quantitative estimate of drug-likeness (QED) is 0.674. The zero-order chi connectivity index (χ0) is 12.1. The lowest BCUT2D eigenvalue weighted by molar-refractivity contribution is -0.118. The molecule has 4 N–H and O–H groups in total. The Hall–Kier alpha value is -1.40. The fraction of sp³-hybridized carbons (Fsp3) is 0.600. The Morgan fingerprint density at radius 1 is 1.62 bits per heavy atom. The minimum Gasteiger partial charge on any atom is -0.380 e. The SMILES string of the molecule is COC(CN)CC(=O)Nc1c(C)n[nH]c1C. The molecule has 0 bridgehead atoms. The zero-order valence-corrected chi connectivity index (χ0v) is 9.83. The number of aromatic nitrogens is 2. The highest BCUT2D eigenvalue weighted by Crippen LogP contribution is 2.16. The first kappa shape index (κ1) is 12.7. The van der Waals surface area contributed by atoms with Crippen molar-refractivity contribution in [2.75, 3.05) is 19.0 Å². The summed E-state index contributed by atoms with van der Waals surface area (Å²) < 4.78 is 5.04. The van der Waals surface area contributed by atoms with Crippen LogP contribution in [0.3, 0.4) is 0 Å². The Labute approximate surface area is 94.5 Å². The third-order valence-corrected chi connectivity index (χ3v) is 2.40. The largest absolute Gasteiger partial charge is 0.380 e. The molecule has 0 aliphatic carbocycles. The molecule has 1 atom stereocenters. The standard InChI is InChI=1S/C10H18N4O2/c1-6-10(7(2)14-13-6)12-9(15)4-8(5-11)16-3/h8H,4-5,11H2,1-3H3,(H,12,15)(H,13,14). The maximum atomic E-state index is 11.7. The molecule has 0 spiro atoms.